The summed E-state index contributed by atoms with van der Waals surface area (Å²) in [6, 6.07) is -0.592. The van der Waals surface area contributed by atoms with Crippen molar-refractivity contribution in [3.8, 4) is 0 Å². The van der Waals surface area contributed by atoms with Crippen LogP contribution in [0.4, 0.5) is 0 Å². The van der Waals surface area contributed by atoms with E-state index in [1.165, 1.54) is 0 Å². The molecule has 0 aromatic carbocycles. The molecule has 0 bridgehead atoms. The van der Waals surface area contributed by atoms with Gasteiger partial charge in [-0.3, -0.25) is 0 Å². The van der Waals surface area contributed by atoms with Crippen molar-refractivity contribution in [3.63, 3.8) is 0 Å². The summed E-state index contributed by atoms with van der Waals surface area (Å²) >= 11 is 0. The van der Waals surface area contributed by atoms with Crippen molar-refractivity contribution < 1.29 is 40.5 Å². The fourth-order valence-electron chi connectivity index (χ4n) is 3.29. The van der Waals surface area contributed by atoms with Gasteiger partial charge in [0.1, 0.15) is 18.3 Å². The van der Waals surface area contributed by atoms with Crippen LogP contribution < -0.4 is 5.32 Å². The third-order valence-corrected chi connectivity index (χ3v) is 4.67. The molecule has 2 aliphatic heterocycles. The van der Waals surface area contributed by atoms with E-state index in [1.54, 1.807) is 0 Å². The van der Waals surface area contributed by atoms with Crippen LogP contribution >= 0.6 is 0 Å². The highest BCUT2D eigenvalue weighted by Crippen LogP contribution is 2.25. The monoisotopic (exact) mass is 337 g/mol. The minimum Gasteiger partial charge on any atom is -0.394 e. The zero-order valence-corrected chi connectivity index (χ0v) is 12.8. The number of nitrogens with one attached hydrogen (secondary N) is 1. The van der Waals surface area contributed by atoms with Crippen molar-refractivity contribution in [2.75, 3.05) is 6.61 Å². The third-order valence-electron chi connectivity index (χ3n) is 4.67. The Kier molecular flexibility index (Phi) is 6.72. The molecule has 2 saturated heterocycles. The van der Waals surface area contributed by atoms with E-state index in [4.69, 9.17) is 9.84 Å². The average molecular weight is 337 g/mol. The molecule has 0 aliphatic carbocycles. The van der Waals surface area contributed by atoms with Gasteiger partial charge in [0.15, 0.2) is 6.29 Å². The first-order valence-corrected chi connectivity index (χ1v) is 7.94. The standard InChI is InChI=1S/C14H27NO8/c16-5-9(18)8-4-7(17)3-6(15-8)1-2-10-11(19)12(20)13(21)14(22)23-10/h6-22H,1-5H2/t6-,7+,8-,9-,10+,11-,12-,13+,14+/m1/s1. The minimum atomic E-state index is -1.56. The first-order valence-electron chi connectivity index (χ1n) is 7.94. The van der Waals surface area contributed by atoms with Crippen LogP contribution in [0.1, 0.15) is 25.7 Å². The van der Waals surface area contributed by atoms with Gasteiger partial charge < -0.3 is 45.8 Å². The molecular weight excluding hydrogens is 310 g/mol. The predicted octanol–water partition coefficient (Wildman–Crippen LogP) is -3.60. The maximum Gasteiger partial charge on any atom is 0.183 e. The van der Waals surface area contributed by atoms with Crippen LogP contribution in [0.25, 0.3) is 0 Å². The number of aliphatic hydroxyl groups is 7. The summed E-state index contributed by atoms with van der Waals surface area (Å²) in [5.74, 6) is 0. The van der Waals surface area contributed by atoms with E-state index < -0.39 is 55.6 Å². The van der Waals surface area contributed by atoms with Crippen molar-refractivity contribution >= 4 is 0 Å². The van der Waals surface area contributed by atoms with Crippen molar-refractivity contribution in [2.45, 2.75) is 80.7 Å². The molecule has 9 atom stereocenters. The minimum absolute atomic E-state index is 0.165. The number of rotatable bonds is 5. The molecule has 0 spiro atoms. The Morgan fingerprint density at radius 1 is 0.957 bits per heavy atom. The van der Waals surface area contributed by atoms with Crippen molar-refractivity contribution in [3.05, 3.63) is 0 Å². The van der Waals surface area contributed by atoms with Crippen LogP contribution in [0.5, 0.6) is 0 Å². The van der Waals surface area contributed by atoms with Gasteiger partial charge >= 0.3 is 0 Å². The maximum absolute atomic E-state index is 9.90. The first-order chi connectivity index (χ1) is 10.8. The molecule has 0 unspecified atom stereocenters. The molecule has 0 aromatic heterocycles. The molecule has 9 nitrogen and oxygen atoms in total. The van der Waals surface area contributed by atoms with Gasteiger partial charge in [-0.05, 0) is 25.7 Å². The van der Waals surface area contributed by atoms with Crippen LogP contribution in [0, 0.1) is 0 Å². The maximum atomic E-state index is 9.90. The summed E-state index contributed by atoms with van der Waals surface area (Å²) in [7, 11) is 0. The fourth-order valence-corrected chi connectivity index (χ4v) is 3.29. The Morgan fingerprint density at radius 3 is 2.30 bits per heavy atom. The van der Waals surface area contributed by atoms with Gasteiger partial charge in [-0.1, -0.05) is 0 Å². The van der Waals surface area contributed by atoms with Crippen molar-refractivity contribution in [1.82, 2.24) is 5.32 Å². The molecule has 0 amide bonds. The Hall–Kier alpha value is -0.360. The summed E-state index contributed by atoms with van der Waals surface area (Å²) in [4.78, 5) is 0. The number of hydrogen-bond acceptors (Lipinski definition) is 9. The molecule has 0 saturated carbocycles. The molecule has 2 heterocycles. The van der Waals surface area contributed by atoms with Crippen LogP contribution in [0.2, 0.25) is 0 Å². The lowest BCUT2D eigenvalue weighted by Gasteiger charge is -2.40. The predicted molar refractivity (Wildman–Crippen MR) is 77.2 cm³/mol. The molecule has 2 rings (SSSR count). The van der Waals surface area contributed by atoms with Crippen LogP contribution in [0.15, 0.2) is 0 Å². The van der Waals surface area contributed by atoms with E-state index in [-0.39, 0.29) is 12.5 Å². The summed E-state index contributed by atoms with van der Waals surface area (Å²) in [5.41, 5.74) is 0. The zero-order chi connectivity index (χ0) is 17.1. The Bertz CT molecular complexity index is 373. The van der Waals surface area contributed by atoms with Crippen molar-refractivity contribution in [2.24, 2.45) is 0 Å². The highest BCUT2D eigenvalue weighted by Gasteiger charge is 2.43. The van der Waals surface area contributed by atoms with E-state index in [9.17, 15) is 30.6 Å². The lowest BCUT2D eigenvalue weighted by molar-refractivity contribution is -0.283. The molecule has 8 N–H and O–H groups in total. The smallest absolute Gasteiger partial charge is 0.183 e. The molecule has 2 fully saturated rings. The van der Waals surface area contributed by atoms with Gasteiger partial charge in [0.2, 0.25) is 0 Å². The molecule has 0 aromatic rings. The van der Waals surface area contributed by atoms with E-state index >= 15 is 0 Å². The number of aliphatic hydroxyl groups excluding tert-OH is 7. The molecule has 23 heavy (non-hydrogen) atoms. The molecule has 0 radical (unpaired) electrons. The lowest BCUT2D eigenvalue weighted by atomic mass is 9.88. The van der Waals surface area contributed by atoms with E-state index in [0.29, 0.717) is 19.3 Å². The van der Waals surface area contributed by atoms with Gasteiger partial charge in [-0.25, -0.2) is 0 Å². The van der Waals surface area contributed by atoms with Gasteiger partial charge in [-0.2, -0.15) is 0 Å². The normalized spacial score (nSPS) is 46.6. The fraction of sp³-hybridized carbons (Fsp3) is 1.00. The number of hydrogen-bond donors (Lipinski definition) is 8. The summed E-state index contributed by atoms with van der Waals surface area (Å²) in [5, 5.41) is 70.2. The highest BCUT2D eigenvalue weighted by molar-refractivity contribution is 4.92. The topological polar surface area (TPSA) is 163 Å². The summed E-state index contributed by atoms with van der Waals surface area (Å²) in [6.45, 7) is -0.405. The van der Waals surface area contributed by atoms with Gasteiger partial charge in [0.05, 0.1) is 24.9 Å². The Labute approximate surface area is 134 Å². The quantitative estimate of drug-likeness (QED) is 0.253. The van der Waals surface area contributed by atoms with E-state index in [1.807, 2.05) is 0 Å². The third kappa shape index (κ3) is 4.59. The van der Waals surface area contributed by atoms with Gasteiger partial charge in [0.25, 0.3) is 0 Å². The molecule has 9 heteroatoms. The van der Waals surface area contributed by atoms with E-state index in [2.05, 4.69) is 5.32 Å². The van der Waals surface area contributed by atoms with E-state index in [0.717, 1.165) is 0 Å². The second-order valence-electron chi connectivity index (χ2n) is 6.46. The second-order valence-corrected chi connectivity index (χ2v) is 6.46. The Morgan fingerprint density at radius 2 is 1.65 bits per heavy atom. The zero-order valence-electron chi connectivity index (χ0n) is 12.8. The van der Waals surface area contributed by atoms with Gasteiger partial charge in [-0.15, -0.1) is 0 Å². The highest BCUT2D eigenvalue weighted by atomic mass is 16.6. The molecule has 136 valence electrons. The van der Waals surface area contributed by atoms with Crippen LogP contribution in [0.3, 0.4) is 0 Å². The van der Waals surface area contributed by atoms with Crippen LogP contribution in [-0.4, -0.2) is 97.4 Å². The summed E-state index contributed by atoms with van der Waals surface area (Å²) < 4.78 is 5.11. The van der Waals surface area contributed by atoms with Gasteiger partial charge in [0, 0.05) is 12.1 Å². The summed E-state index contributed by atoms with van der Waals surface area (Å²) in [6.07, 6.45) is -6.81. The second kappa shape index (κ2) is 8.15. The first kappa shape index (κ1) is 19.0. The number of ether oxygens (including phenoxy) is 1. The molecular formula is C14H27NO8. The number of piperidine rings is 1. The average Bonchev–Trinajstić information content (AvgIpc) is 2.53. The van der Waals surface area contributed by atoms with Crippen molar-refractivity contribution in [1.29, 1.82) is 0 Å². The Balaban J connectivity index is 1.87. The lowest BCUT2D eigenvalue weighted by Crippen LogP contribution is -2.58. The molecule has 2 aliphatic rings. The largest absolute Gasteiger partial charge is 0.394 e. The van der Waals surface area contributed by atoms with Crippen LogP contribution in [-0.2, 0) is 4.74 Å². The SMILES string of the molecule is OC[C@@H](O)[C@H]1C[C@@H](O)C[C@@H](CC[C@@H]2O[C@H](O)[C@@H](O)[C@H](O)[C@@H]2O)N1.